The highest BCUT2D eigenvalue weighted by atomic mass is 16.5. The molecule has 8 nitrogen and oxygen atoms in total. The zero-order valence-electron chi connectivity index (χ0n) is 19.9. The Morgan fingerprint density at radius 2 is 1.74 bits per heavy atom. The van der Waals surface area contributed by atoms with Crippen molar-refractivity contribution in [3.8, 4) is 11.1 Å². The van der Waals surface area contributed by atoms with E-state index in [1.165, 1.54) is 12.0 Å². The largest absolute Gasteiger partial charge is 0.479 e. The third kappa shape index (κ3) is 3.86. The fourth-order valence-electron chi connectivity index (χ4n) is 5.82. The molecule has 0 bridgehead atoms. The van der Waals surface area contributed by atoms with Crippen LogP contribution >= 0.6 is 0 Å². The molecule has 2 amide bonds. The molecule has 0 spiro atoms. The van der Waals surface area contributed by atoms with Crippen LogP contribution in [0.3, 0.4) is 0 Å². The molecular formula is C27H30N2O6. The standard InChI is InChI=1S/C27H30N2O6/c1-16(34-2)23(24(30)29-13-7-8-17-14-27(17,29)25(31)32)28-26(33)35-15-22-20-11-5-3-9-18(20)19-10-4-6-12-21(19)22/h3-6,9-12,16-17,22-23H,7-8,13-15H2,1-2H3,(H,28,33)(H,31,32)/t16?,17-,23?,27+/m1/s1. The second kappa shape index (κ2) is 9.00. The third-order valence-electron chi connectivity index (χ3n) is 7.85. The number of carbonyl (C=O) groups excluding carboxylic acids is 2. The molecule has 0 aromatic heterocycles. The highest BCUT2D eigenvalue weighted by Gasteiger charge is 2.67. The second-order valence-electron chi connectivity index (χ2n) is 9.65. The minimum atomic E-state index is -1.16. The van der Waals surface area contributed by atoms with E-state index in [2.05, 4.69) is 17.4 Å². The summed E-state index contributed by atoms with van der Waals surface area (Å²) in [4.78, 5) is 39.8. The molecule has 8 heteroatoms. The smallest absolute Gasteiger partial charge is 0.407 e. The van der Waals surface area contributed by atoms with Crippen LogP contribution in [0.5, 0.6) is 0 Å². The van der Waals surface area contributed by atoms with Crippen molar-refractivity contribution in [2.24, 2.45) is 5.92 Å². The molecule has 1 aliphatic heterocycles. The molecule has 1 saturated heterocycles. The van der Waals surface area contributed by atoms with Crippen LogP contribution in [0, 0.1) is 5.92 Å². The van der Waals surface area contributed by atoms with Gasteiger partial charge in [0.1, 0.15) is 18.2 Å². The first kappa shape index (κ1) is 23.4. The van der Waals surface area contributed by atoms with Crippen molar-refractivity contribution >= 4 is 18.0 Å². The van der Waals surface area contributed by atoms with Crippen molar-refractivity contribution in [2.45, 2.75) is 49.8 Å². The number of piperidine rings is 1. The van der Waals surface area contributed by atoms with E-state index in [0.29, 0.717) is 13.0 Å². The number of ether oxygens (including phenoxy) is 2. The van der Waals surface area contributed by atoms with E-state index in [-0.39, 0.29) is 18.4 Å². The van der Waals surface area contributed by atoms with Crippen LogP contribution < -0.4 is 5.32 Å². The first-order valence-corrected chi connectivity index (χ1v) is 12.1. The number of carboxylic acid groups (broad SMARTS) is 1. The Morgan fingerprint density at radius 1 is 1.11 bits per heavy atom. The quantitative estimate of drug-likeness (QED) is 0.632. The summed E-state index contributed by atoms with van der Waals surface area (Å²) in [5, 5.41) is 12.5. The number of rotatable bonds is 7. The molecule has 4 atom stereocenters. The number of hydrogen-bond acceptors (Lipinski definition) is 5. The van der Waals surface area contributed by atoms with Gasteiger partial charge in [-0.05, 0) is 54.4 Å². The van der Waals surface area contributed by atoms with Crippen LogP contribution in [0.25, 0.3) is 11.1 Å². The van der Waals surface area contributed by atoms with Gasteiger partial charge in [0.15, 0.2) is 0 Å². The number of carboxylic acids is 1. The maximum absolute atomic E-state index is 13.5. The summed E-state index contributed by atoms with van der Waals surface area (Å²) in [6.07, 6.45) is 0.591. The lowest BCUT2D eigenvalue weighted by atomic mass is 9.98. The fourth-order valence-corrected chi connectivity index (χ4v) is 5.82. The molecule has 2 N–H and O–H groups in total. The van der Waals surface area contributed by atoms with Gasteiger partial charge >= 0.3 is 12.1 Å². The first-order valence-electron chi connectivity index (χ1n) is 12.1. The monoisotopic (exact) mass is 478 g/mol. The van der Waals surface area contributed by atoms with Crippen LogP contribution in [0.15, 0.2) is 48.5 Å². The number of methoxy groups -OCH3 is 1. The van der Waals surface area contributed by atoms with E-state index in [1.807, 2.05) is 36.4 Å². The van der Waals surface area contributed by atoms with Crippen molar-refractivity contribution < 1.29 is 29.0 Å². The molecule has 3 aliphatic rings. The number of likely N-dealkylation sites (tertiary alicyclic amines) is 1. The summed E-state index contributed by atoms with van der Waals surface area (Å²) < 4.78 is 11.0. The number of fused-ring (bicyclic) bond motifs is 4. The van der Waals surface area contributed by atoms with Gasteiger partial charge in [0, 0.05) is 19.6 Å². The lowest BCUT2D eigenvalue weighted by Gasteiger charge is -2.37. The van der Waals surface area contributed by atoms with Crippen LogP contribution in [-0.4, -0.2) is 65.9 Å². The van der Waals surface area contributed by atoms with E-state index in [4.69, 9.17) is 9.47 Å². The number of carbonyl (C=O) groups is 3. The van der Waals surface area contributed by atoms with E-state index >= 15 is 0 Å². The summed E-state index contributed by atoms with van der Waals surface area (Å²) in [5.41, 5.74) is 3.28. The highest BCUT2D eigenvalue weighted by Crippen LogP contribution is 2.54. The fraction of sp³-hybridized carbons (Fsp3) is 0.444. The van der Waals surface area contributed by atoms with E-state index in [0.717, 1.165) is 35.1 Å². The van der Waals surface area contributed by atoms with Crippen molar-refractivity contribution in [1.29, 1.82) is 0 Å². The van der Waals surface area contributed by atoms with Gasteiger partial charge in [-0.3, -0.25) is 4.79 Å². The molecule has 184 valence electrons. The van der Waals surface area contributed by atoms with Crippen molar-refractivity contribution in [3.63, 3.8) is 0 Å². The molecule has 2 unspecified atom stereocenters. The molecule has 0 radical (unpaired) electrons. The Balaban J connectivity index is 1.30. The van der Waals surface area contributed by atoms with Gasteiger partial charge in [-0.1, -0.05) is 48.5 Å². The van der Waals surface area contributed by atoms with Crippen LogP contribution in [0.1, 0.15) is 43.2 Å². The molecule has 2 fully saturated rings. The number of benzene rings is 2. The Bertz CT molecular complexity index is 1120. The van der Waals surface area contributed by atoms with Crippen LogP contribution in [0.4, 0.5) is 4.79 Å². The summed E-state index contributed by atoms with van der Waals surface area (Å²) >= 11 is 0. The molecule has 2 aromatic carbocycles. The average Bonchev–Trinajstić information content (AvgIpc) is 3.56. The number of hydrogen-bond donors (Lipinski definition) is 2. The lowest BCUT2D eigenvalue weighted by Crippen LogP contribution is -2.60. The SMILES string of the molecule is COC(C)C(NC(=O)OCC1c2ccccc2-c2ccccc21)C(=O)N1CCC[C@@H]2C[C@@]21C(=O)O. The van der Waals surface area contributed by atoms with Gasteiger partial charge in [0.2, 0.25) is 5.91 Å². The summed E-state index contributed by atoms with van der Waals surface area (Å²) in [5.74, 6) is -1.57. The van der Waals surface area contributed by atoms with Gasteiger partial charge < -0.3 is 24.8 Å². The minimum absolute atomic E-state index is 0.0364. The maximum atomic E-state index is 13.5. The molecule has 5 rings (SSSR count). The van der Waals surface area contributed by atoms with Gasteiger partial charge in [0.05, 0.1) is 6.10 Å². The number of nitrogens with zero attached hydrogens (tertiary/aromatic N) is 1. The summed E-state index contributed by atoms with van der Waals surface area (Å²) in [6, 6.07) is 15.1. The van der Waals surface area contributed by atoms with Gasteiger partial charge in [-0.2, -0.15) is 0 Å². The molecular weight excluding hydrogens is 448 g/mol. The van der Waals surface area contributed by atoms with Crippen molar-refractivity contribution in [3.05, 3.63) is 59.7 Å². The van der Waals surface area contributed by atoms with Gasteiger partial charge in [-0.25, -0.2) is 9.59 Å². The highest BCUT2D eigenvalue weighted by molar-refractivity contribution is 5.94. The Labute approximate surface area is 204 Å². The molecule has 1 saturated carbocycles. The zero-order valence-corrected chi connectivity index (χ0v) is 19.9. The van der Waals surface area contributed by atoms with E-state index in [9.17, 15) is 19.5 Å². The van der Waals surface area contributed by atoms with Gasteiger partial charge in [-0.15, -0.1) is 0 Å². The van der Waals surface area contributed by atoms with Crippen molar-refractivity contribution in [2.75, 3.05) is 20.3 Å². The maximum Gasteiger partial charge on any atom is 0.407 e. The summed E-state index contributed by atoms with van der Waals surface area (Å²) in [6.45, 7) is 2.14. The summed E-state index contributed by atoms with van der Waals surface area (Å²) in [7, 11) is 1.45. The Morgan fingerprint density at radius 3 is 2.34 bits per heavy atom. The van der Waals surface area contributed by atoms with Crippen LogP contribution in [0.2, 0.25) is 0 Å². The predicted octanol–water partition coefficient (Wildman–Crippen LogP) is 3.39. The van der Waals surface area contributed by atoms with E-state index in [1.54, 1.807) is 6.92 Å². The van der Waals surface area contributed by atoms with Crippen molar-refractivity contribution in [1.82, 2.24) is 10.2 Å². The second-order valence-corrected chi connectivity index (χ2v) is 9.65. The number of amides is 2. The molecule has 2 aromatic rings. The lowest BCUT2D eigenvalue weighted by molar-refractivity contribution is -0.156. The first-order chi connectivity index (χ1) is 16.9. The molecule has 2 aliphatic carbocycles. The number of alkyl carbamates (subject to hydrolysis) is 1. The normalized spacial score (nSPS) is 23.9. The zero-order chi connectivity index (χ0) is 24.7. The van der Waals surface area contributed by atoms with Gasteiger partial charge in [0.25, 0.3) is 0 Å². The van der Waals surface area contributed by atoms with Crippen LogP contribution in [-0.2, 0) is 19.1 Å². The number of aliphatic carboxylic acids is 1. The predicted molar refractivity (Wildman–Crippen MR) is 128 cm³/mol. The Hall–Kier alpha value is -3.39. The molecule has 1 heterocycles. The Kier molecular flexibility index (Phi) is 6.01. The minimum Gasteiger partial charge on any atom is -0.479 e. The van der Waals surface area contributed by atoms with E-state index < -0.39 is 35.7 Å². The topological polar surface area (TPSA) is 105 Å². The molecule has 35 heavy (non-hydrogen) atoms. The third-order valence-corrected chi connectivity index (χ3v) is 7.85. The number of nitrogens with one attached hydrogen (secondary N) is 1. The average molecular weight is 479 g/mol.